The first-order valence-corrected chi connectivity index (χ1v) is 13.2. The maximum atomic E-state index is 12.6. The largest absolute Gasteiger partial charge is 0.478 e. The van der Waals surface area contributed by atoms with Crippen LogP contribution in [0.1, 0.15) is 51.0 Å². The zero-order valence-corrected chi connectivity index (χ0v) is 22.1. The molecule has 3 aromatic heterocycles. The van der Waals surface area contributed by atoms with Crippen molar-refractivity contribution in [2.45, 2.75) is 52.0 Å². The Bertz CT molecular complexity index is 1250. The Morgan fingerprint density at radius 2 is 1.92 bits per heavy atom. The number of fused-ring (bicyclic) bond motifs is 1. The van der Waals surface area contributed by atoms with E-state index >= 15 is 0 Å². The predicted molar refractivity (Wildman–Crippen MR) is 142 cm³/mol. The maximum absolute atomic E-state index is 12.6. The van der Waals surface area contributed by atoms with Crippen molar-refractivity contribution in [3.05, 3.63) is 34.4 Å². The van der Waals surface area contributed by atoms with Gasteiger partial charge in [0.05, 0.1) is 32.8 Å². The number of piperidine rings is 1. The van der Waals surface area contributed by atoms with Gasteiger partial charge in [0.2, 0.25) is 5.88 Å². The van der Waals surface area contributed by atoms with Gasteiger partial charge in [-0.3, -0.25) is 9.36 Å². The van der Waals surface area contributed by atoms with Gasteiger partial charge >= 0.3 is 17.7 Å². The molecule has 12 nitrogen and oxygen atoms in total. The molecule has 0 radical (unpaired) electrons. The molecule has 4 rings (SSSR count). The van der Waals surface area contributed by atoms with Gasteiger partial charge in [-0.25, -0.2) is 9.78 Å². The van der Waals surface area contributed by atoms with Crippen molar-refractivity contribution in [2.24, 2.45) is 5.92 Å². The van der Waals surface area contributed by atoms with E-state index in [2.05, 4.69) is 31.8 Å². The number of nitrogen functional groups attached to an aromatic ring is 1. The highest BCUT2D eigenvalue weighted by atomic mass is 16.5. The minimum absolute atomic E-state index is 0.0386. The van der Waals surface area contributed by atoms with Crippen LogP contribution in [0.2, 0.25) is 0 Å². The minimum Gasteiger partial charge on any atom is -0.478 e. The van der Waals surface area contributed by atoms with E-state index in [-0.39, 0.29) is 36.0 Å². The molecule has 3 N–H and O–H groups in total. The normalized spacial score (nSPS) is 14.6. The van der Waals surface area contributed by atoms with Crippen LogP contribution in [-0.4, -0.2) is 75.3 Å². The number of pyridine rings is 1. The molecule has 12 heteroatoms. The number of nitrogens with one attached hydrogen (secondary N) is 1. The highest BCUT2D eigenvalue weighted by Crippen LogP contribution is 2.20. The summed E-state index contributed by atoms with van der Waals surface area (Å²) >= 11 is 0. The van der Waals surface area contributed by atoms with Gasteiger partial charge in [0.1, 0.15) is 5.52 Å². The number of methoxy groups -OCH3 is 1. The van der Waals surface area contributed by atoms with E-state index in [1.54, 1.807) is 12.3 Å². The van der Waals surface area contributed by atoms with Gasteiger partial charge in [-0.1, -0.05) is 19.4 Å². The number of ether oxygens (including phenoxy) is 3. The van der Waals surface area contributed by atoms with E-state index in [1.807, 2.05) is 6.07 Å². The number of nitrogens with zero attached hydrogens (tertiary/aromatic N) is 5. The Balaban J connectivity index is 1.25. The predicted octanol–water partition coefficient (Wildman–Crippen LogP) is 2.37. The highest BCUT2D eigenvalue weighted by Gasteiger charge is 2.25. The quantitative estimate of drug-likeness (QED) is 0.250. The lowest BCUT2D eigenvalue weighted by molar-refractivity contribution is -0.147. The third-order valence-electron chi connectivity index (χ3n) is 6.74. The number of carbonyl (C=O) groups excluding carboxylic acids is 1. The average Bonchev–Trinajstić information content (AvgIpc) is 3.24. The Labute approximate surface area is 221 Å². The zero-order valence-electron chi connectivity index (χ0n) is 22.1. The van der Waals surface area contributed by atoms with Gasteiger partial charge in [0.25, 0.3) is 0 Å². The Morgan fingerprint density at radius 1 is 1.13 bits per heavy atom. The van der Waals surface area contributed by atoms with Crippen LogP contribution >= 0.6 is 0 Å². The molecule has 0 atom stereocenters. The SMILES string of the molecule is CCCCOc1nc(N)c2[nH]c(=O)n(Cc3ccc(OCCCCN4CCC(C(=O)OC)CC4)nc3)c2n1. The fourth-order valence-electron chi connectivity index (χ4n) is 4.50. The number of likely N-dealkylation sites (tertiary alicyclic amines) is 1. The molecule has 0 amide bonds. The first-order valence-electron chi connectivity index (χ1n) is 13.2. The molecule has 0 saturated carbocycles. The number of aromatic amines is 1. The second-order valence-corrected chi connectivity index (χ2v) is 9.51. The van der Waals surface area contributed by atoms with Gasteiger partial charge in [-0.15, -0.1) is 0 Å². The van der Waals surface area contributed by atoms with Crippen LogP contribution in [0, 0.1) is 5.92 Å². The van der Waals surface area contributed by atoms with E-state index in [0.29, 0.717) is 30.3 Å². The summed E-state index contributed by atoms with van der Waals surface area (Å²) in [5, 5.41) is 0. The van der Waals surface area contributed by atoms with Gasteiger partial charge in [0.15, 0.2) is 11.5 Å². The monoisotopic (exact) mass is 527 g/mol. The van der Waals surface area contributed by atoms with Crippen molar-refractivity contribution >= 4 is 23.0 Å². The number of unbranched alkanes of at least 4 members (excludes halogenated alkanes) is 2. The number of anilines is 1. The van der Waals surface area contributed by atoms with Crippen molar-refractivity contribution in [1.29, 1.82) is 0 Å². The molecule has 1 aliphatic heterocycles. The van der Waals surface area contributed by atoms with E-state index < -0.39 is 0 Å². The number of rotatable bonds is 13. The van der Waals surface area contributed by atoms with Crippen LogP contribution in [0.4, 0.5) is 5.82 Å². The number of carbonyl (C=O) groups is 1. The fourth-order valence-corrected chi connectivity index (χ4v) is 4.50. The third-order valence-corrected chi connectivity index (χ3v) is 6.74. The van der Waals surface area contributed by atoms with Crippen LogP contribution in [0.5, 0.6) is 11.9 Å². The number of hydrogen-bond donors (Lipinski definition) is 2. The van der Waals surface area contributed by atoms with Crippen LogP contribution in [0.25, 0.3) is 11.2 Å². The molecule has 206 valence electrons. The Hall–Kier alpha value is -3.67. The lowest BCUT2D eigenvalue weighted by atomic mass is 9.97. The Morgan fingerprint density at radius 3 is 2.63 bits per heavy atom. The van der Waals surface area contributed by atoms with E-state index in [4.69, 9.17) is 19.9 Å². The van der Waals surface area contributed by atoms with E-state index in [1.165, 1.54) is 11.7 Å². The molecule has 0 bridgehead atoms. The van der Waals surface area contributed by atoms with Crippen LogP contribution in [0.15, 0.2) is 23.1 Å². The fraction of sp³-hybridized carbons (Fsp3) is 0.577. The minimum atomic E-state index is -0.332. The van der Waals surface area contributed by atoms with Crippen LogP contribution in [-0.2, 0) is 16.1 Å². The molecular weight excluding hydrogens is 490 g/mol. The lowest BCUT2D eigenvalue weighted by Gasteiger charge is -2.30. The first-order chi connectivity index (χ1) is 18.5. The number of esters is 1. The molecule has 0 aromatic carbocycles. The second kappa shape index (κ2) is 13.2. The molecule has 3 aromatic rings. The summed E-state index contributed by atoms with van der Waals surface area (Å²) in [4.78, 5) is 42.3. The summed E-state index contributed by atoms with van der Waals surface area (Å²) in [6.45, 7) is 6.23. The van der Waals surface area contributed by atoms with Crippen molar-refractivity contribution in [2.75, 3.05) is 45.7 Å². The van der Waals surface area contributed by atoms with E-state index in [0.717, 1.165) is 63.7 Å². The first kappa shape index (κ1) is 27.4. The van der Waals surface area contributed by atoms with Gasteiger partial charge in [-0.2, -0.15) is 9.97 Å². The molecule has 1 fully saturated rings. The molecule has 0 unspecified atom stereocenters. The summed E-state index contributed by atoms with van der Waals surface area (Å²) in [6.07, 6.45) is 7.19. The molecule has 1 saturated heterocycles. The number of H-pyrrole nitrogens is 1. The molecule has 4 heterocycles. The molecule has 38 heavy (non-hydrogen) atoms. The summed E-state index contributed by atoms with van der Waals surface area (Å²) in [5.74, 6) is 0.656. The Kier molecular flexibility index (Phi) is 9.52. The van der Waals surface area contributed by atoms with Crippen molar-refractivity contribution in [1.82, 2.24) is 29.4 Å². The second-order valence-electron chi connectivity index (χ2n) is 9.51. The van der Waals surface area contributed by atoms with Crippen molar-refractivity contribution in [3.8, 4) is 11.9 Å². The molecule has 0 spiro atoms. The smallest absolute Gasteiger partial charge is 0.328 e. The van der Waals surface area contributed by atoms with Gasteiger partial charge in [0, 0.05) is 12.3 Å². The number of hydrogen-bond acceptors (Lipinski definition) is 10. The van der Waals surface area contributed by atoms with Crippen molar-refractivity contribution < 1.29 is 19.0 Å². The number of imidazole rings is 1. The summed E-state index contributed by atoms with van der Waals surface area (Å²) in [5.41, 5.74) is 7.29. The molecule has 1 aliphatic rings. The number of nitrogens with two attached hydrogens (primary N) is 1. The number of aromatic nitrogens is 5. The topological polar surface area (TPSA) is 150 Å². The van der Waals surface area contributed by atoms with Gasteiger partial charge < -0.3 is 29.8 Å². The van der Waals surface area contributed by atoms with Crippen molar-refractivity contribution in [3.63, 3.8) is 0 Å². The standard InChI is InChI=1S/C26H37N7O5/c1-3-4-14-38-25-30-22(27)21-23(31-25)33(26(35)29-21)17-18-7-8-20(28-16-18)37-15-6-5-11-32-12-9-19(10-13-32)24(34)36-2/h7-8,16,19H,3-6,9-15,17H2,1-2H3,(H,29,35)(H2,27,30,31). The summed E-state index contributed by atoms with van der Waals surface area (Å²) < 4.78 is 17.7. The van der Waals surface area contributed by atoms with E-state index in [9.17, 15) is 9.59 Å². The third kappa shape index (κ3) is 7.00. The molecular formula is C26H37N7O5. The molecule has 0 aliphatic carbocycles. The van der Waals surface area contributed by atoms with Gasteiger partial charge in [-0.05, 0) is 57.3 Å². The maximum Gasteiger partial charge on any atom is 0.328 e. The summed E-state index contributed by atoms with van der Waals surface area (Å²) in [7, 11) is 1.45. The lowest BCUT2D eigenvalue weighted by Crippen LogP contribution is -2.37. The summed E-state index contributed by atoms with van der Waals surface area (Å²) in [6, 6.07) is 3.83. The van der Waals surface area contributed by atoms with Crippen LogP contribution < -0.4 is 20.9 Å². The average molecular weight is 528 g/mol. The van der Waals surface area contributed by atoms with Crippen LogP contribution in [0.3, 0.4) is 0 Å². The zero-order chi connectivity index (χ0) is 26.9. The highest BCUT2D eigenvalue weighted by molar-refractivity contribution is 5.81.